The summed E-state index contributed by atoms with van der Waals surface area (Å²) in [6, 6.07) is 5.44. The Balaban J connectivity index is 2.45. The minimum atomic E-state index is 0.419. The highest BCUT2D eigenvalue weighted by Gasteiger charge is 2.19. The number of hydrogen-bond acceptors (Lipinski definition) is 6. The third-order valence-electron chi connectivity index (χ3n) is 2.29. The number of hydrazine groups is 2. The van der Waals surface area contributed by atoms with Crippen molar-refractivity contribution in [1.29, 1.82) is 5.41 Å². The molecule has 0 radical (unpaired) electrons. The van der Waals surface area contributed by atoms with Crippen molar-refractivity contribution in [3.63, 3.8) is 0 Å². The Kier molecular flexibility index (Phi) is 1.57. The molecule has 0 saturated carbocycles. The van der Waals surface area contributed by atoms with E-state index >= 15 is 0 Å². The largest absolute Gasteiger partial charge is 0.300 e. The van der Waals surface area contributed by atoms with Gasteiger partial charge >= 0.3 is 0 Å². The molecule has 6 heteroatoms. The molecular formula is C9H8N6. The molecular weight excluding hydrogens is 192 g/mol. The van der Waals surface area contributed by atoms with Crippen LogP contribution in [0.15, 0.2) is 24.4 Å². The third kappa shape index (κ3) is 1.12. The highest BCUT2D eigenvalue weighted by atomic mass is 15.6. The van der Waals surface area contributed by atoms with E-state index in [-0.39, 0.29) is 0 Å². The number of hydrogen-bond donors (Lipinski definition) is 4. The van der Waals surface area contributed by atoms with Crippen LogP contribution in [-0.4, -0.2) is 10.2 Å². The van der Waals surface area contributed by atoms with Crippen LogP contribution in [0.1, 0.15) is 0 Å². The van der Waals surface area contributed by atoms with Crippen LogP contribution in [0.5, 0.6) is 0 Å². The second-order valence-electron chi connectivity index (χ2n) is 3.21. The zero-order valence-corrected chi connectivity index (χ0v) is 7.70. The molecule has 0 atom stereocenters. The third-order valence-corrected chi connectivity index (χ3v) is 2.29. The van der Waals surface area contributed by atoms with Crippen LogP contribution in [0, 0.1) is 5.41 Å². The first-order valence-corrected chi connectivity index (χ1v) is 4.46. The minimum absolute atomic E-state index is 0.419. The van der Waals surface area contributed by atoms with Crippen LogP contribution in [-0.2, 0) is 0 Å². The molecule has 0 bridgehead atoms. The standard InChI is InChI=1S/C9H8N6/c10-6-4-5-2-1-3-11-12-7(5)9-8(6)13-15-14-9/h1-4,10,13-15H. The number of nitrogens with zero attached hydrogens (tertiary/aromatic N) is 2. The van der Waals surface area contributed by atoms with Gasteiger partial charge in [0, 0.05) is 11.8 Å². The molecule has 0 aromatic heterocycles. The van der Waals surface area contributed by atoms with Crippen molar-refractivity contribution in [3.8, 4) is 11.3 Å². The van der Waals surface area contributed by atoms with Crippen LogP contribution in [0.3, 0.4) is 0 Å². The van der Waals surface area contributed by atoms with E-state index < -0.39 is 0 Å². The lowest BCUT2D eigenvalue weighted by Gasteiger charge is -2.04. The molecule has 3 rings (SSSR count). The van der Waals surface area contributed by atoms with Crippen molar-refractivity contribution in [1.82, 2.24) is 15.7 Å². The zero-order chi connectivity index (χ0) is 10.3. The van der Waals surface area contributed by atoms with Gasteiger partial charge in [-0.25, -0.2) is 0 Å². The second-order valence-corrected chi connectivity index (χ2v) is 3.21. The molecule has 0 amide bonds. The fourth-order valence-corrected chi connectivity index (χ4v) is 1.61. The van der Waals surface area contributed by atoms with Gasteiger partial charge in [-0.15, -0.1) is 10.6 Å². The molecule has 0 aromatic carbocycles. The van der Waals surface area contributed by atoms with Gasteiger partial charge in [0.1, 0.15) is 17.1 Å². The van der Waals surface area contributed by atoms with E-state index in [1.54, 1.807) is 18.3 Å². The molecule has 4 N–H and O–H groups in total. The number of benzene rings is 1. The molecule has 0 unspecified atom stereocenters. The smallest absolute Gasteiger partial charge is 0.120 e. The maximum absolute atomic E-state index is 7.80. The number of anilines is 2. The van der Waals surface area contributed by atoms with E-state index in [0.717, 1.165) is 16.9 Å². The summed E-state index contributed by atoms with van der Waals surface area (Å²) < 4.78 is 0. The summed E-state index contributed by atoms with van der Waals surface area (Å²) >= 11 is 0. The highest BCUT2D eigenvalue weighted by molar-refractivity contribution is 5.87. The predicted octanol–water partition coefficient (Wildman–Crippen LogP) is 0.318. The summed E-state index contributed by atoms with van der Waals surface area (Å²) in [5.74, 6) is 0. The Hall–Kier alpha value is -2.21. The van der Waals surface area contributed by atoms with Gasteiger partial charge in [-0.05, 0) is 12.1 Å². The maximum Gasteiger partial charge on any atom is 0.120 e. The van der Waals surface area contributed by atoms with Crippen molar-refractivity contribution in [3.05, 3.63) is 29.8 Å². The van der Waals surface area contributed by atoms with Gasteiger partial charge in [-0.3, -0.25) is 16.3 Å². The average Bonchev–Trinajstić information content (AvgIpc) is 2.60. The first-order valence-electron chi connectivity index (χ1n) is 4.46. The lowest BCUT2D eigenvalue weighted by atomic mass is 10.1. The quantitative estimate of drug-likeness (QED) is 0.492. The normalized spacial score (nSPS) is 13.1. The van der Waals surface area contributed by atoms with E-state index in [4.69, 9.17) is 5.41 Å². The van der Waals surface area contributed by atoms with Crippen LogP contribution >= 0.6 is 0 Å². The molecule has 3 aliphatic rings. The summed E-state index contributed by atoms with van der Waals surface area (Å²) in [4.78, 5) is 0. The summed E-state index contributed by atoms with van der Waals surface area (Å²) in [6.45, 7) is 0. The van der Waals surface area contributed by atoms with Crippen LogP contribution in [0.25, 0.3) is 11.3 Å². The van der Waals surface area contributed by atoms with Crippen LogP contribution in [0.4, 0.5) is 11.4 Å². The first kappa shape index (κ1) is 8.13. The number of rotatable bonds is 0. The molecule has 15 heavy (non-hydrogen) atoms. The molecule has 2 aliphatic heterocycles. The molecule has 74 valence electrons. The lowest BCUT2D eigenvalue weighted by molar-refractivity contribution is 0.998. The lowest BCUT2D eigenvalue weighted by Crippen LogP contribution is -2.20. The van der Waals surface area contributed by atoms with E-state index in [9.17, 15) is 0 Å². The van der Waals surface area contributed by atoms with E-state index in [2.05, 4.69) is 26.6 Å². The molecule has 6 nitrogen and oxygen atoms in total. The topological polar surface area (TPSA) is 85.7 Å². The SMILES string of the molecule is N=c1cc2cccnnc-2c2c1NNN2. The van der Waals surface area contributed by atoms with Gasteiger partial charge in [-0.1, -0.05) is 6.07 Å². The van der Waals surface area contributed by atoms with Crippen molar-refractivity contribution in [2.24, 2.45) is 0 Å². The van der Waals surface area contributed by atoms with E-state index in [0.29, 0.717) is 11.0 Å². The molecule has 0 fully saturated rings. The minimum Gasteiger partial charge on any atom is -0.300 e. The predicted molar refractivity (Wildman–Crippen MR) is 54.9 cm³/mol. The summed E-state index contributed by atoms with van der Waals surface area (Å²) in [5, 5.41) is 16.2. The van der Waals surface area contributed by atoms with Gasteiger partial charge in [0.15, 0.2) is 0 Å². The number of fused-ring (bicyclic) bond motifs is 3. The molecule has 0 aromatic rings. The van der Waals surface area contributed by atoms with Gasteiger partial charge in [0.2, 0.25) is 0 Å². The number of aromatic nitrogens is 2. The van der Waals surface area contributed by atoms with Gasteiger partial charge < -0.3 is 0 Å². The van der Waals surface area contributed by atoms with Crippen LogP contribution < -0.4 is 21.7 Å². The Morgan fingerprint density at radius 3 is 3.00 bits per heavy atom. The van der Waals surface area contributed by atoms with Gasteiger partial charge in [-0.2, -0.15) is 5.10 Å². The number of nitrogens with one attached hydrogen (secondary N) is 4. The Morgan fingerprint density at radius 2 is 2.07 bits per heavy atom. The maximum atomic E-state index is 7.80. The molecule has 1 aliphatic carbocycles. The highest BCUT2D eigenvalue weighted by Crippen LogP contribution is 2.31. The molecule has 0 spiro atoms. The summed E-state index contributed by atoms with van der Waals surface area (Å²) in [6.07, 6.45) is 1.62. The summed E-state index contributed by atoms with van der Waals surface area (Å²) in [5.41, 5.74) is 11.6. The van der Waals surface area contributed by atoms with E-state index in [1.165, 1.54) is 0 Å². The summed E-state index contributed by atoms with van der Waals surface area (Å²) in [7, 11) is 0. The first-order chi connectivity index (χ1) is 7.36. The van der Waals surface area contributed by atoms with Crippen molar-refractivity contribution >= 4 is 11.4 Å². The van der Waals surface area contributed by atoms with Gasteiger partial charge in [0.05, 0.1) is 5.36 Å². The average molecular weight is 200 g/mol. The van der Waals surface area contributed by atoms with Crippen molar-refractivity contribution in [2.45, 2.75) is 0 Å². The molecule has 2 heterocycles. The molecule has 0 saturated heterocycles. The fraction of sp³-hybridized carbons (Fsp3) is 0. The Labute approximate surface area is 85.2 Å². The Bertz CT molecular complexity index is 552. The Morgan fingerprint density at radius 1 is 1.20 bits per heavy atom. The van der Waals surface area contributed by atoms with Crippen molar-refractivity contribution < 1.29 is 0 Å². The zero-order valence-electron chi connectivity index (χ0n) is 7.70. The monoisotopic (exact) mass is 200 g/mol. The van der Waals surface area contributed by atoms with Crippen LogP contribution in [0.2, 0.25) is 0 Å². The second kappa shape index (κ2) is 2.89. The van der Waals surface area contributed by atoms with E-state index in [1.807, 2.05) is 6.07 Å². The van der Waals surface area contributed by atoms with Gasteiger partial charge in [0.25, 0.3) is 0 Å². The fourth-order valence-electron chi connectivity index (χ4n) is 1.61. The van der Waals surface area contributed by atoms with Crippen molar-refractivity contribution in [2.75, 3.05) is 10.9 Å².